The number of halogens is 1. The first-order valence-electron chi connectivity index (χ1n) is 5.72. The molecule has 0 atom stereocenters. The van der Waals surface area contributed by atoms with Crippen LogP contribution in [0.15, 0.2) is 6.20 Å². The minimum Gasteiger partial charge on any atom is -0.467 e. The number of nitrogens with two attached hydrogens (primary N) is 1. The van der Waals surface area contributed by atoms with E-state index < -0.39 is 0 Å². The second-order valence-corrected chi connectivity index (χ2v) is 4.60. The summed E-state index contributed by atoms with van der Waals surface area (Å²) in [5, 5.41) is 0.480. The number of piperidine rings is 1. The summed E-state index contributed by atoms with van der Waals surface area (Å²) in [6.07, 6.45) is 2.96. The highest BCUT2D eigenvalue weighted by atomic mass is 35.5. The Morgan fingerprint density at radius 2 is 2.22 bits per heavy atom. The number of carbonyl (C=O) groups is 1. The minimum atomic E-state index is -0.235. The van der Waals surface area contributed by atoms with E-state index in [2.05, 4.69) is 9.97 Å². The second-order valence-electron chi connectivity index (χ2n) is 4.19. The molecule has 2 N–H and O–H groups in total. The van der Waals surface area contributed by atoms with E-state index in [9.17, 15) is 4.79 Å². The summed E-state index contributed by atoms with van der Waals surface area (Å²) < 4.78 is 4.98. The van der Waals surface area contributed by atoms with Crippen LogP contribution in [0, 0.1) is 5.92 Å². The SMILES string of the molecule is COc1ncc(Cl)c(N2CCC(C(N)=O)CC2)n1. The summed E-state index contributed by atoms with van der Waals surface area (Å²) in [4.78, 5) is 21.3. The lowest BCUT2D eigenvalue weighted by Crippen LogP contribution is -2.39. The highest BCUT2D eigenvalue weighted by Gasteiger charge is 2.25. The minimum absolute atomic E-state index is 0.0521. The van der Waals surface area contributed by atoms with Crippen molar-refractivity contribution >= 4 is 23.3 Å². The Hall–Kier alpha value is -1.56. The number of anilines is 1. The standard InChI is InChI=1S/C11H15ClN4O2/c1-18-11-14-6-8(12)10(15-11)16-4-2-7(3-5-16)9(13)17/h6-7H,2-5H2,1H3,(H2,13,17). The summed E-state index contributed by atoms with van der Waals surface area (Å²) >= 11 is 6.07. The van der Waals surface area contributed by atoms with E-state index in [-0.39, 0.29) is 17.8 Å². The van der Waals surface area contributed by atoms with Crippen LogP contribution in [-0.4, -0.2) is 36.1 Å². The fraction of sp³-hybridized carbons (Fsp3) is 0.545. The van der Waals surface area contributed by atoms with Gasteiger partial charge >= 0.3 is 6.01 Å². The Kier molecular flexibility index (Phi) is 3.86. The number of rotatable bonds is 3. The number of aromatic nitrogens is 2. The lowest BCUT2D eigenvalue weighted by atomic mass is 9.96. The molecule has 2 heterocycles. The zero-order valence-corrected chi connectivity index (χ0v) is 10.9. The Labute approximate surface area is 110 Å². The van der Waals surface area contributed by atoms with Crippen molar-refractivity contribution in [2.45, 2.75) is 12.8 Å². The fourth-order valence-corrected chi connectivity index (χ4v) is 2.25. The Bertz CT molecular complexity index is 447. The Morgan fingerprint density at radius 1 is 1.56 bits per heavy atom. The van der Waals surface area contributed by atoms with E-state index in [1.807, 2.05) is 4.90 Å². The first-order chi connectivity index (χ1) is 8.61. The van der Waals surface area contributed by atoms with Crippen LogP contribution < -0.4 is 15.4 Å². The van der Waals surface area contributed by atoms with Gasteiger partial charge in [-0.1, -0.05) is 11.6 Å². The van der Waals surface area contributed by atoms with Gasteiger partial charge in [-0.2, -0.15) is 4.98 Å². The van der Waals surface area contributed by atoms with Crippen molar-refractivity contribution in [2.24, 2.45) is 11.7 Å². The van der Waals surface area contributed by atoms with E-state index in [1.165, 1.54) is 13.3 Å². The highest BCUT2D eigenvalue weighted by molar-refractivity contribution is 6.32. The lowest BCUT2D eigenvalue weighted by molar-refractivity contribution is -0.122. The number of primary amides is 1. The molecule has 1 aliphatic heterocycles. The van der Waals surface area contributed by atoms with Gasteiger partial charge in [-0.25, -0.2) is 4.98 Å². The van der Waals surface area contributed by atoms with Gasteiger partial charge in [0.15, 0.2) is 5.82 Å². The number of methoxy groups -OCH3 is 1. The third-order valence-corrected chi connectivity index (χ3v) is 3.35. The van der Waals surface area contributed by atoms with E-state index in [0.29, 0.717) is 23.9 Å². The lowest BCUT2D eigenvalue weighted by Gasteiger charge is -2.31. The van der Waals surface area contributed by atoms with Crippen molar-refractivity contribution in [1.29, 1.82) is 0 Å². The van der Waals surface area contributed by atoms with Gasteiger partial charge < -0.3 is 15.4 Å². The van der Waals surface area contributed by atoms with Gasteiger partial charge in [-0.3, -0.25) is 4.79 Å². The fourth-order valence-electron chi connectivity index (χ4n) is 2.04. The molecule has 0 aliphatic carbocycles. The third kappa shape index (κ3) is 2.64. The molecule has 2 rings (SSSR count). The first-order valence-corrected chi connectivity index (χ1v) is 6.10. The summed E-state index contributed by atoms with van der Waals surface area (Å²) in [7, 11) is 1.51. The zero-order valence-electron chi connectivity index (χ0n) is 10.1. The summed E-state index contributed by atoms with van der Waals surface area (Å²) in [6.45, 7) is 1.40. The van der Waals surface area contributed by atoms with Crippen LogP contribution in [0.25, 0.3) is 0 Å². The van der Waals surface area contributed by atoms with Crippen molar-refractivity contribution in [2.75, 3.05) is 25.1 Å². The summed E-state index contributed by atoms with van der Waals surface area (Å²) in [5.41, 5.74) is 5.30. The van der Waals surface area contributed by atoms with Crippen molar-refractivity contribution in [3.05, 3.63) is 11.2 Å². The van der Waals surface area contributed by atoms with Gasteiger partial charge in [-0.15, -0.1) is 0 Å². The van der Waals surface area contributed by atoms with Crippen molar-refractivity contribution in [1.82, 2.24) is 9.97 Å². The molecule has 7 heteroatoms. The van der Waals surface area contributed by atoms with Crippen LogP contribution in [0.3, 0.4) is 0 Å². The second kappa shape index (κ2) is 5.39. The number of amides is 1. The van der Waals surface area contributed by atoms with Crippen molar-refractivity contribution < 1.29 is 9.53 Å². The maximum atomic E-state index is 11.1. The number of ether oxygens (including phenoxy) is 1. The van der Waals surface area contributed by atoms with Crippen LogP contribution in [0.4, 0.5) is 5.82 Å². The van der Waals surface area contributed by atoms with Crippen LogP contribution in [-0.2, 0) is 4.79 Å². The average molecular weight is 271 g/mol. The Morgan fingerprint density at radius 3 is 2.78 bits per heavy atom. The number of hydrogen-bond donors (Lipinski definition) is 1. The molecule has 18 heavy (non-hydrogen) atoms. The molecule has 98 valence electrons. The van der Waals surface area contributed by atoms with Crippen LogP contribution in [0.2, 0.25) is 5.02 Å². The van der Waals surface area contributed by atoms with Crippen LogP contribution in [0.1, 0.15) is 12.8 Å². The number of nitrogens with zero attached hydrogens (tertiary/aromatic N) is 3. The van der Waals surface area contributed by atoms with Crippen LogP contribution >= 0.6 is 11.6 Å². The zero-order chi connectivity index (χ0) is 13.1. The molecule has 0 radical (unpaired) electrons. The molecule has 1 saturated heterocycles. The predicted molar refractivity (Wildman–Crippen MR) is 67.7 cm³/mol. The van der Waals surface area contributed by atoms with Gasteiger partial charge in [0.05, 0.1) is 13.3 Å². The van der Waals surface area contributed by atoms with Crippen LogP contribution in [0.5, 0.6) is 6.01 Å². The van der Waals surface area contributed by atoms with Gasteiger partial charge in [0, 0.05) is 19.0 Å². The topological polar surface area (TPSA) is 81.3 Å². The predicted octanol–water partition coefficient (Wildman–Crippen LogP) is 0.840. The summed E-state index contributed by atoms with van der Waals surface area (Å²) in [6, 6.07) is 0.284. The first kappa shape index (κ1) is 12.9. The Balaban J connectivity index is 2.11. The van der Waals surface area contributed by atoms with Gasteiger partial charge in [0.1, 0.15) is 5.02 Å². The quantitative estimate of drug-likeness (QED) is 0.880. The molecule has 1 aromatic heterocycles. The molecule has 1 amide bonds. The third-order valence-electron chi connectivity index (χ3n) is 3.08. The smallest absolute Gasteiger partial charge is 0.318 e. The normalized spacial score (nSPS) is 16.7. The van der Waals surface area contributed by atoms with Crippen molar-refractivity contribution in [3.63, 3.8) is 0 Å². The number of carbonyl (C=O) groups excluding carboxylic acids is 1. The number of hydrogen-bond acceptors (Lipinski definition) is 5. The van der Waals surface area contributed by atoms with Crippen molar-refractivity contribution in [3.8, 4) is 6.01 Å². The molecule has 0 spiro atoms. The molecule has 1 aromatic rings. The van der Waals surface area contributed by atoms with Gasteiger partial charge in [-0.05, 0) is 12.8 Å². The van der Waals surface area contributed by atoms with E-state index in [4.69, 9.17) is 22.1 Å². The average Bonchev–Trinajstić information content (AvgIpc) is 2.39. The molecular formula is C11H15ClN4O2. The molecule has 0 bridgehead atoms. The largest absolute Gasteiger partial charge is 0.467 e. The molecule has 1 aliphatic rings. The van der Waals surface area contributed by atoms with E-state index >= 15 is 0 Å². The van der Waals surface area contributed by atoms with Gasteiger partial charge in [0.25, 0.3) is 0 Å². The molecule has 0 aromatic carbocycles. The molecule has 0 saturated carbocycles. The van der Waals surface area contributed by atoms with E-state index in [1.54, 1.807) is 0 Å². The molecule has 1 fully saturated rings. The molecule has 0 unspecified atom stereocenters. The monoisotopic (exact) mass is 270 g/mol. The van der Waals surface area contributed by atoms with E-state index in [0.717, 1.165) is 12.8 Å². The molecular weight excluding hydrogens is 256 g/mol. The molecule has 6 nitrogen and oxygen atoms in total. The summed E-state index contributed by atoms with van der Waals surface area (Å²) in [5.74, 6) is 0.358. The highest BCUT2D eigenvalue weighted by Crippen LogP contribution is 2.28. The van der Waals surface area contributed by atoms with Gasteiger partial charge in [0.2, 0.25) is 5.91 Å². The maximum Gasteiger partial charge on any atom is 0.318 e. The maximum absolute atomic E-state index is 11.1.